The van der Waals surface area contributed by atoms with Crippen LogP contribution in [0.1, 0.15) is 23.7 Å². The van der Waals surface area contributed by atoms with E-state index in [0.717, 1.165) is 6.07 Å². The Morgan fingerprint density at radius 1 is 1.29 bits per heavy atom. The fourth-order valence-corrected chi connectivity index (χ4v) is 2.19. The molecule has 0 amide bonds. The lowest BCUT2D eigenvalue weighted by Crippen LogP contribution is -2.11. The number of aryl methyl sites for hydroxylation is 2. The summed E-state index contributed by atoms with van der Waals surface area (Å²) in [5.41, 5.74) is 0.884. The van der Waals surface area contributed by atoms with E-state index in [1.807, 2.05) is 0 Å². The summed E-state index contributed by atoms with van der Waals surface area (Å²) in [6, 6.07) is 3.63. The first-order valence-electron chi connectivity index (χ1n) is 6.41. The maximum Gasteiger partial charge on any atom is 0.270 e. The topological polar surface area (TPSA) is 42.1 Å². The third kappa shape index (κ3) is 3.42. The minimum atomic E-state index is -0.676. The molecule has 0 unspecified atom stereocenters. The highest BCUT2D eigenvalue weighted by atomic mass is 35.5. The first-order valence-corrected chi connectivity index (χ1v) is 6.79. The second-order valence-electron chi connectivity index (χ2n) is 4.63. The van der Waals surface area contributed by atoms with E-state index in [0.29, 0.717) is 17.7 Å². The number of aromatic nitrogens is 1. The van der Waals surface area contributed by atoms with Gasteiger partial charge in [0.05, 0.1) is 0 Å². The fraction of sp³-hybridized carbons (Fsp3) is 0.267. The fourth-order valence-electron chi connectivity index (χ4n) is 2.03. The van der Waals surface area contributed by atoms with Crippen molar-refractivity contribution in [3.8, 4) is 5.75 Å². The van der Waals surface area contributed by atoms with Gasteiger partial charge in [-0.15, -0.1) is 0 Å². The Labute approximate surface area is 125 Å². The number of nitrogens with one attached hydrogen (secondary N) is 1. The van der Waals surface area contributed by atoms with Crippen molar-refractivity contribution in [1.82, 2.24) is 4.98 Å². The molecule has 1 aromatic carbocycles. The van der Waals surface area contributed by atoms with Crippen LogP contribution in [0.15, 0.2) is 23.0 Å². The van der Waals surface area contributed by atoms with Crippen molar-refractivity contribution in [3.63, 3.8) is 0 Å². The SMILES string of the molecule is CCc1cc(F)cc(F)c1COc1cc(C)[nH]c(=O)c1Cl. The van der Waals surface area contributed by atoms with Gasteiger partial charge in [-0.2, -0.15) is 0 Å². The van der Waals surface area contributed by atoms with E-state index in [1.165, 1.54) is 6.07 Å². The summed E-state index contributed by atoms with van der Waals surface area (Å²) in [7, 11) is 0. The maximum atomic E-state index is 13.8. The molecular formula is C15H14ClF2NO2. The van der Waals surface area contributed by atoms with Crippen LogP contribution in [-0.2, 0) is 13.0 Å². The van der Waals surface area contributed by atoms with E-state index >= 15 is 0 Å². The van der Waals surface area contributed by atoms with Crippen LogP contribution >= 0.6 is 11.6 Å². The van der Waals surface area contributed by atoms with Crippen molar-refractivity contribution < 1.29 is 13.5 Å². The van der Waals surface area contributed by atoms with Crippen molar-refractivity contribution in [1.29, 1.82) is 0 Å². The zero-order valence-corrected chi connectivity index (χ0v) is 12.4. The van der Waals surface area contributed by atoms with Crippen molar-refractivity contribution in [2.24, 2.45) is 0 Å². The lowest BCUT2D eigenvalue weighted by Gasteiger charge is -2.12. The molecule has 0 aliphatic carbocycles. The maximum absolute atomic E-state index is 13.8. The number of benzene rings is 1. The number of halogens is 3. The van der Waals surface area contributed by atoms with Gasteiger partial charge in [0, 0.05) is 23.4 Å². The molecule has 0 saturated carbocycles. The Balaban J connectivity index is 2.31. The van der Waals surface area contributed by atoms with E-state index in [4.69, 9.17) is 16.3 Å². The van der Waals surface area contributed by atoms with Crippen LogP contribution < -0.4 is 10.3 Å². The van der Waals surface area contributed by atoms with Gasteiger partial charge in [0.1, 0.15) is 29.0 Å². The molecule has 0 atom stereocenters. The zero-order valence-electron chi connectivity index (χ0n) is 11.6. The molecule has 6 heteroatoms. The van der Waals surface area contributed by atoms with Gasteiger partial charge in [-0.1, -0.05) is 18.5 Å². The monoisotopic (exact) mass is 313 g/mol. The van der Waals surface area contributed by atoms with E-state index < -0.39 is 17.2 Å². The van der Waals surface area contributed by atoms with Crippen molar-refractivity contribution in [3.05, 3.63) is 62.0 Å². The van der Waals surface area contributed by atoms with Crippen LogP contribution in [0.2, 0.25) is 5.02 Å². The van der Waals surface area contributed by atoms with Gasteiger partial charge < -0.3 is 9.72 Å². The lowest BCUT2D eigenvalue weighted by molar-refractivity contribution is 0.297. The summed E-state index contributed by atoms with van der Waals surface area (Å²) in [6.07, 6.45) is 0.468. The standard InChI is InChI=1S/C15H14ClF2NO2/c1-3-9-5-10(17)6-12(18)11(9)7-21-13-4-8(2)19-15(20)14(13)16/h4-6H,3,7H2,1-2H3,(H,19,20). The van der Waals surface area contributed by atoms with Crippen LogP contribution in [0, 0.1) is 18.6 Å². The van der Waals surface area contributed by atoms with Gasteiger partial charge in [-0.3, -0.25) is 4.79 Å². The molecule has 2 aromatic rings. The summed E-state index contributed by atoms with van der Waals surface area (Å²) in [6.45, 7) is 3.35. The Morgan fingerprint density at radius 3 is 2.67 bits per heavy atom. The zero-order chi connectivity index (χ0) is 15.6. The predicted molar refractivity (Wildman–Crippen MR) is 76.9 cm³/mol. The summed E-state index contributed by atoms with van der Waals surface area (Å²) in [5.74, 6) is -1.13. The van der Waals surface area contributed by atoms with Gasteiger partial charge in [0.15, 0.2) is 0 Å². The Hall–Kier alpha value is -1.88. The first-order chi connectivity index (χ1) is 9.92. The number of H-pyrrole nitrogens is 1. The molecule has 112 valence electrons. The average molecular weight is 314 g/mol. The molecule has 0 spiro atoms. The highest BCUT2D eigenvalue weighted by Crippen LogP contribution is 2.24. The van der Waals surface area contributed by atoms with Crippen LogP contribution in [0.3, 0.4) is 0 Å². The van der Waals surface area contributed by atoms with Crippen LogP contribution in [0.25, 0.3) is 0 Å². The smallest absolute Gasteiger partial charge is 0.270 e. The minimum absolute atomic E-state index is 0.0961. The van der Waals surface area contributed by atoms with E-state index in [1.54, 1.807) is 19.9 Å². The highest BCUT2D eigenvalue weighted by molar-refractivity contribution is 6.31. The van der Waals surface area contributed by atoms with E-state index in [2.05, 4.69) is 4.98 Å². The van der Waals surface area contributed by atoms with Crippen molar-refractivity contribution in [2.75, 3.05) is 0 Å². The molecule has 0 fully saturated rings. The average Bonchev–Trinajstić information content (AvgIpc) is 2.41. The molecule has 3 nitrogen and oxygen atoms in total. The molecular weight excluding hydrogens is 300 g/mol. The van der Waals surface area contributed by atoms with Gasteiger partial charge >= 0.3 is 0 Å². The number of aromatic amines is 1. The second kappa shape index (κ2) is 6.26. The van der Waals surface area contributed by atoms with E-state index in [9.17, 15) is 13.6 Å². The molecule has 0 aliphatic heterocycles. The number of hydrogen-bond donors (Lipinski definition) is 1. The summed E-state index contributed by atoms with van der Waals surface area (Å²) >= 11 is 5.85. The molecule has 0 saturated heterocycles. The summed E-state index contributed by atoms with van der Waals surface area (Å²) in [5, 5.41) is -0.0961. The van der Waals surface area contributed by atoms with Crippen LogP contribution in [0.4, 0.5) is 8.78 Å². The summed E-state index contributed by atoms with van der Waals surface area (Å²) < 4.78 is 32.5. The third-order valence-corrected chi connectivity index (χ3v) is 3.44. The second-order valence-corrected chi connectivity index (χ2v) is 5.01. The molecule has 0 aliphatic rings. The van der Waals surface area contributed by atoms with Gasteiger partial charge in [-0.05, 0) is 25.0 Å². The normalized spacial score (nSPS) is 10.7. The molecule has 1 heterocycles. The van der Waals surface area contributed by atoms with Gasteiger partial charge in [0.2, 0.25) is 0 Å². The minimum Gasteiger partial charge on any atom is -0.487 e. The largest absolute Gasteiger partial charge is 0.487 e. The predicted octanol–water partition coefficient (Wildman–Crippen LogP) is 3.76. The van der Waals surface area contributed by atoms with Crippen molar-refractivity contribution in [2.45, 2.75) is 26.9 Å². The third-order valence-electron chi connectivity index (χ3n) is 3.08. The first kappa shape index (κ1) is 15.5. The molecule has 2 rings (SSSR count). The molecule has 1 aromatic heterocycles. The molecule has 1 N–H and O–H groups in total. The number of ether oxygens (including phenoxy) is 1. The summed E-state index contributed by atoms with van der Waals surface area (Å²) in [4.78, 5) is 14.0. The lowest BCUT2D eigenvalue weighted by atomic mass is 10.1. The van der Waals surface area contributed by atoms with Crippen molar-refractivity contribution >= 4 is 11.6 Å². The van der Waals surface area contributed by atoms with Gasteiger partial charge in [-0.25, -0.2) is 8.78 Å². The van der Waals surface area contributed by atoms with Crippen LogP contribution in [0.5, 0.6) is 5.75 Å². The van der Waals surface area contributed by atoms with Crippen LogP contribution in [-0.4, -0.2) is 4.98 Å². The molecule has 0 bridgehead atoms. The molecule has 0 radical (unpaired) electrons. The number of hydrogen-bond acceptors (Lipinski definition) is 2. The molecule has 21 heavy (non-hydrogen) atoms. The number of rotatable bonds is 4. The Kier molecular flexibility index (Phi) is 4.63. The Morgan fingerprint density at radius 2 is 2.00 bits per heavy atom. The number of pyridine rings is 1. The quantitative estimate of drug-likeness (QED) is 0.934. The van der Waals surface area contributed by atoms with E-state index in [-0.39, 0.29) is 22.9 Å². The Bertz CT molecular complexity index is 728. The van der Waals surface area contributed by atoms with Gasteiger partial charge in [0.25, 0.3) is 5.56 Å². The highest BCUT2D eigenvalue weighted by Gasteiger charge is 2.13.